The van der Waals surface area contributed by atoms with Crippen LogP contribution in [0.5, 0.6) is 5.75 Å². The highest BCUT2D eigenvalue weighted by Crippen LogP contribution is 2.27. The summed E-state index contributed by atoms with van der Waals surface area (Å²) in [6.07, 6.45) is 2.32. The summed E-state index contributed by atoms with van der Waals surface area (Å²) in [5.41, 5.74) is 3.18. The number of ether oxygens (including phenoxy) is 1. The zero-order valence-electron chi connectivity index (χ0n) is 12.6. The lowest BCUT2D eigenvalue weighted by Crippen LogP contribution is -2.18. The number of carbonyl (C=O) groups is 1. The van der Waals surface area contributed by atoms with E-state index in [-0.39, 0.29) is 12.3 Å². The quantitative estimate of drug-likeness (QED) is 0.416. The molecule has 0 aliphatic carbocycles. The lowest BCUT2D eigenvalue weighted by Gasteiger charge is -2.07. The summed E-state index contributed by atoms with van der Waals surface area (Å²) < 4.78 is 5.51. The third kappa shape index (κ3) is 6.04. The molecule has 0 fully saturated rings. The first kappa shape index (κ1) is 18.6. The summed E-state index contributed by atoms with van der Waals surface area (Å²) in [6.45, 7) is 0.364. The van der Waals surface area contributed by atoms with Crippen molar-refractivity contribution in [1.82, 2.24) is 5.43 Å². The van der Waals surface area contributed by atoms with Crippen LogP contribution in [-0.2, 0) is 4.79 Å². The van der Waals surface area contributed by atoms with Gasteiger partial charge >= 0.3 is 0 Å². The summed E-state index contributed by atoms with van der Waals surface area (Å²) >= 11 is 17.8. The number of rotatable bonds is 7. The van der Waals surface area contributed by atoms with Gasteiger partial charge in [0.05, 0.1) is 17.8 Å². The number of halogens is 3. The molecule has 0 aliphatic heterocycles. The van der Waals surface area contributed by atoms with Crippen molar-refractivity contribution in [2.45, 2.75) is 12.8 Å². The zero-order chi connectivity index (χ0) is 17.4. The van der Waals surface area contributed by atoms with Gasteiger partial charge in [0.2, 0.25) is 5.91 Å². The van der Waals surface area contributed by atoms with Gasteiger partial charge in [-0.2, -0.15) is 5.10 Å². The molecule has 24 heavy (non-hydrogen) atoms. The Bertz CT molecular complexity index is 736. The van der Waals surface area contributed by atoms with Crippen LogP contribution in [0.25, 0.3) is 0 Å². The van der Waals surface area contributed by atoms with Gasteiger partial charge < -0.3 is 4.74 Å². The van der Waals surface area contributed by atoms with Crippen LogP contribution in [0, 0.1) is 0 Å². The molecule has 1 N–H and O–H groups in total. The molecule has 2 aromatic rings. The maximum atomic E-state index is 11.7. The first-order valence-electron chi connectivity index (χ1n) is 7.20. The maximum absolute atomic E-state index is 11.7. The molecule has 0 heterocycles. The molecule has 0 saturated carbocycles. The molecule has 0 atom stereocenters. The fraction of sp³-hybridized carbons (Fsp3) is 0.176. The summed E-state index contributed by atoms with van der Waals surface area (Å²) in [5, 5.41) is 5.44. The van der Waals surface area contributed by atoms with Crippen molar-refractivity contribution in [2.24, 2.45) is 5.10 Å². The number of nitrogens with one attached hydrogen (secondary N) is 1. The standard InChI is InChI=1S/C17H15Cl3N2O2/c18-13-7-8-16(15(20)10-13)24-9-3-6-17(23)22-21-11-12-4-1-2-5-14(12)19/h1-2,4-5,7-8,10-11H,3,6,9H2,(H,22,23)/b21-11+. The van der Waals surface area contributed by atoms with Crippen molar-refractivity contribution in [3.05, 3.63) is 63.1 Å². The van der Waals surface area contributed by atoms with Crippen molar-refractivity contribution >= 4 is 46.9 Å². The predicted octanol–water partition coefficient (Wildman–Crippen LogP) is 4.96. The molecule has 0 aliphatic rings. The molecule has 0 unspecified atom stereocenters. The Morgan fingerprint density at radius 3 is 2.67 bits per heavy atom. The second-order valence-electron chi connectivity index (χ2n) is 4.84. The third-order valence-corrected chi connectivity index (χ3v) is 3.87. The largest absolute Gasteiger partial charge is 0.492 e. The van der Waals surface area contributed by atoms with Crippen molar-refractivity contribution in [2.75, 3.05) is 6.61 Å². The monoisotopic (exact) mass is 384 g/mol. The Morgan fingerprint density at radius 1 is 1.12 bits per heavy atom. The van der Waals surface area contributed by atoms with Crippen LogP contribution in [0.2, 0.25) is 15.1 Å². The number of hydrogen-bond acceptors (Lipinski definition) is 3. The highest BCUT2D eigenvalue weighted by Gasteiger charge is 2.04. The Morgan fingerprint density at radius 2 is 1.92 bits per heavy atom. The van der Waals surface area contributed by atoms with E-state index in [1.165, 1.54) is 6.21 Å². The molecule has 2 aromatic carbocycles. The summed E-state index contributed by atoms with van der Waals surface area (Å²) in [5.74, 6) is 0.335. The molecule has 2 rings (SSSR count). The number of nitrogens with zero attached hydrogens (tertiary/aromatic N) is 1. The molecule has 0 bridgehead atoms. The van der Waals surface area contributed by atoms with E-state index >= 15 is 0 Å². The molecular weight excluding hydrogens is 371 g/mol. The normalized spacial score (nSPS) is 10.8. The number of amides is 1. The average Bonchev–Trinajstić information content (AvgIpc) is 2.55. The molecule has 0 radical (unpaired) electrons. The Hall–Kier alpha value is -1.75. The highest BCUT2D eigenvalue weighted by atomic mass is 35.5. The Balaban J connectivity index is 1.69. The molecule has 0 saturated heterocycles. The van der Waals surface area contributed by atoms with Crippen LogP contribution >= 0.6 is 34.8 Å². The third-order valence-electron chi connectivity index (χ3n) is 3.00. The number of carbonyl (C=O) groups excluding carboxylic acids is 1. The fourth-order valence-corrected chi connectivity index (χ4v) is 2.46. The molecule has 0 aromatic heterocycles. The minimum atomic E-state index is -0.205. The van der Waals surface area contributed by atoms with E-state index in [1.54, 1.807) is 24.3 Å². The Kier molecular flexibility index (Phi) is 7.37. The van der Waals surface area contributed by atoms with Crippen LogP contribution in [0.3, 0.4) is 0 Å². The van der Waals surface area contributed by atoms with Crippen molar-refractivity contribution in [3.8, 4) is 5.75 Å². The van der Waals surface area contributed by atoms with Crippen molar-refractivity contribution in [1.29, 1.82) is 0 Å². The van der Waals surface area contributed by atoms with Gasteiger partial charge in [-0.05, 0) is 30.7 Å². The average molecular weight is 386 g/mol. The van der Waals surface area contributed by atoms with E-state index in [4.69, 9.17) is 39.5 Å². The van der Waals surface area contributed by atoms with Gasteiger partial charge in [0.1, 0.15) is 5.75 Å². The number of hydrogen-bond donors (Lipinski definition) is 1. The second-order valence-corrected chi connectivity index (χ2v) is 6.09. The lowest BCUT2D eigenvalue weighted by molar-refractivity contribution is -0.121. The minimum Gasteiger partial charge on any atom is -0.492 e. The molecule has 4 nitrogen and oxygen atoms in total. The van der Waals surface area contributed by atoms with E-state index in [9.17, 15) is 4.79 Å². The summed E-state index contributed by atoms with van der Waals surface area (Å²) in [4.78, 5) is 11.7. The molecule has 126 valence electrons. The van der Waals surface area contributed by atoms with Crippen LogP contribution in [0.4, 0.5) is 0 Å². The van der Waals surface area contributed by atoms with Gasteiger partial charge in [-0.25, -0.2) is 5.43 Å². The van der Waals surface area contributed by atoms with Gasteiger partial charge in [0.25, 0.3) is 0 Å². The van der Waals surface area contributed by atoms with E-state index in [2.05, 4.69) is 10.5 Å². The topological polar surface area (TPSA) is 50.7 Å². The molecule has 1 amide bonds. The first-order valence-corrected chi connectivity index (χ1v) is 8.34. The smallest absolute Gasteiger partial charge is 0.240 e. The first-order chi connectivity index (χ1) is 11.6. The van der Waals surface area contributed by atoms with Gasteiger partial charge in [0.15, 0.2) is 0 Å². The maximum Gasteiger partial charge on any atom is 0.240 e. The van der Waals surface area contributed by atoms with Crippen molar-refractivity contribution < 1.29 is 9.53 Å². The summed E-state index contributed by atoms with van der Waals surface area (Å²) in [6, 6.07) is 12.2. The van der Waals surface area contributed by atoms with Crippen LogP contribution in [-0.4, -0.2) is 18.7 Å². The SMILES string of the molecule is O=C(CCCOc1ccc(Cl)cc1Cl)N/N=C/c1ccccc1Cl. The lowest BCUT2D eigenvalue weighted by atomic mass is 10.2. The van der Waals surface area contributed by atoms with E-state index in [0.717, 1.165) is 5.56 Å². The summed E-state index contributed by atoms with van der Waals surface area (Å²) in [7, 11) is 0. The number of benzene rings is 2. The van der Waals surface area contributed by atoms with Crippen LogP contribution in [0.15, 0.2) is 47.6 Å². The molecule has 7 heteroatoms. The Labute approximate surface area is 155 Å². The predicted molar refractivity (Wildman–Crippen MR) is 98.4 cm³/mol. The fourth-order valence-electron chi connectivity index (χ4n) is 1.82. The van der Waals surface area contributed by atoms with Gasteiger partial charge in [-0.15, -0.1) is 0 Å². The zero-order valence-corrected chi connectivity index (χ0v) is 14.9. The second kappa shape index (κ2) is 9.52. The van der Waals surface area contributed by atoms with E-state index in [0.29, 0.717) is 33.8 Å². The number of hydrazone groups is 1. The highest BCUT2D eigenvalue weighted by molar-refractivity contribution is 6.35. The van der Waals surface area contributed by atoms with Gasteiger partial charge in [0, 0.05) is 22.0 Å². The van der Waals surface area contributed by atoms with Crippen LogP contribution in [0.1, 0.15) is 18.4 Å². The minimum absolute atomic E-state index is 0.205. The van der Waals surface area contributed by atoms with Crippen LogP contribution < -0.4 is 10.2 Å². The van der Waals surface area contributed by atoms with Gasteiger partial charge in [-0.1, -0.05) is 53.0 Å². The molecule has 0 spiro atoms. The van der Waals surface area contributed by atoms with E-state index < -0.39 is 0 Å². The van der Waals surface area contributed by atoms with Gasteiger partial charge in [-0.3, -0.25) is 4.79 Å². The van der Waals surface area contributed by atoms with E-state index in [1.807, 2.05) is 18.2 Å². The van der Waals surface area contributed by atoms with Crippen molar-refractivity contribution in [3.63, 3.8) is 0 Å². The molecular formula is C17H15Cl3N2O2.